The summed E-state index contributed by atoms with van der Waals surface area (Å²) in [5, 5.41) is 15.6. The number of carbonyl (C=O) groups is 1. The van der Waals surface area contributed by atoms with Crippen LogP contribution in [0.2, 0.25) is 0 Å². The van der Waals surface area contributed by atoms with Crippen molar-refractivity contribution in [3.63, 3.8) is 0 Å². The van der Waals surface area contributed by atoms with E-state index in [1.165, 1.54) is 0 Å². The van der Waals surface area contributed by atoms with Crippen LogP contribution in [0.5, 0.6) is 0 Å². The number of halogens is 3. The molecule has 1 aromatic heterocycles. The van der Waals surface area contributed by atoms with Gasteiger partial charge in [0.2, 0.25) is 5.91 Å². The van der Waals surface area contributed by atoms with Crippen LogP contribution in [-0.4, -0.2) is 83.7 Å². The normalized spacial score (nSPS) is 22.3. The van der Waals surface area contributed by atoms with Crippen LogP contribution in [0, 0.1) is 11.3 Å². The molecule has 2 aromatic rings. The van der Waals surface area contributed by atoms with E-state index in [0.717, 1.165) is 73.7 Å². The first-order valence-electron chi connectivity index (χ1n) is 10.8. The van der Waals surface area contributed by atoms with Crippen molar-refractivity contribution in [1.82, 2.24) is 20.1 Å². The predicted octanol–water partition coefficient (Wildman–Crippen LogP) is 3.33. The first-order chi connectivity index (χ1) is 15.2. The molecule has 7 nitrogen and oxygen atoms in total. The van der Waals surface area contributed by atoms with Crippen LogP contribution in [-0.2, 0) is 4.79 Å². The van der Waals surface area contributed by atoms with Gasteiger partial charge in [0.25, 0.3) is 0 Å². The molecule has 0 aliphatic carbocycles. The number of thioether (sulfide) groups is 1. The molecule has 0 saturated carbocycles. The van der Waals surface area contributed by atoms with Gasteiger partial charge >= 0.3 is 0 Å². The molecule has 0 spiro atoms. The number of anilines is 1. The second-order valence-electron chi connectivity index (χ2n) is 8.22. The number of thiazole rings is 1. The second kappa shape index (κ2) is 13.2. The van der Waals surface area contributed by atoms with E-state index < -0.39 is 0 Å². The summed E-state index contributed by atoms with van der Waals surface area (Å²) in [7, 11) is 0. The minimum atomic E-state index is -0.0179. The van der Waals surface area contributed by atoms with Gasteiger partial charge in [0.1, 0.15) is 0 Å². The van der Waals surface area contributed by atoms with Crippen LogP contribution in [0.25, 0.3) is 11.3 Å². The lowest BCUT2D eigenvalue weighted by Crippen LogP contribution is -2.51. The van der Waals surface area contributed by atoms with E-state index in [4.69, 9.17) is 10.2 Å². The number of carbonyl (C=O) groups excluding carboxylic acids is 1. The largest absolute Gasteiger partial charge is 0.346 e. The Kier molecular flexibility index (Phi) is 11.2. The molecule has 5 rings (SSSR count). The smallest absolute Gasteiger partial charge is 0.240 e. The number of benzene rings is 1. The third-order valence-electron chi connectivity index (χ3n) is 6.37. The van der Waals surface area contributed by atoms with Crippen molar-refractivity contribution in [1.29, 1.82) is 5.26 Å². The van der Waals surface area contributed by atoms with Crippen LogP contribution in [0.1, 0.15) is 12.0 Å². The predicted molar refractivity (Wildman–Crippen MR) is 147 cm³/mol. The summed E-state index contributed by atoms with van der Waals surface area (Å²) in [6.45, 7) is 5.70. The summed E-state index contributed by atoms with van der Waals surface area (Å²) < 4.78 is 0. The molecule has 3 fully saturated rings. The Morgan fingerprint density at radius 2 is 1.82 bits per heavy atom. The quantitative estimate of drug-likeness (QED) is 0.612. The van der Waals surface area contributed by atoms with Crippen molar-refractivity contribution in [2.45, 2.75) is 18.5 Å². The van der Waals surface area contributed by atoms with Crippen molar-refractivity contribution in [3.05, 3.63) is 35.2 Å². The Morgan fingerprint density at radius 1 is 1.09 bits per heavy atom. The molecule has 4 heterocycles. The van der Waals surface area contributed by atoms with Crippen LogP contribution in [0.15, 0.2) is 29.6 Å². The van der Waals surface area contributed by atoms with Gasteiger partial charge in [-0.25, -0.2) is 4.98 Å². The molecule has 2 atom stereocenters. The molecule has 1 amide bonds. The Hall–Kier alpha value is -1.25. The molecule has 3 aliphatic heterocycles. The summed E-state index contributed by atoms with van der Waals surface area (Å²) in [5.41, 5.74) is 2.68. The molecule has 12 heteroatoms. The number of aromatic nitrogens is 1. The van der Waals surface area contributed by atoms with Crippen molar-refractivity contribution in [2.75, 3.05) is 55.8 Å². The maximum Gasteiger partial charge on any atom is 0.240 e. The van der Waals surface area contributed by atoms with Gasteiger partial charge in [-0.3, -0.25) is 9.69 Å². The highest BCUT2D eigenvalue weighted by atomic mass is 35.5. The zero-order valence-corrected chi connectivity index (χ0v) is 22.7. The van der Waals surface area contributed by atoms with Gasteiger partial charge in [0, 0.05) is 62.0 Å². The maximum atomic E-state index is 12.7. The van der Waals surface area contributed by atoms with Gasteiger partial charge < -0.3 is 15.1 Å². The second-order valence-corrected chi connectivity index (χ2v) is 10.1. The molecule has 0 bridgehead atoms. The average Bonchev–Trinajstić information content (AvgIpc) is 3.60. The van der Waals surface area contributed by atoms with Gasteiger partial charge in [0.05, 0.1) is 29.2 Å². The van der Waals surface area contributed by atoms with Crippen molar-refractivity contribution in [2.24, 2.45) is 0 Å². The van der Waals surface area contributed by atoms with E-state index in [0.29, 0.717) is 11.6 Å². The molecule has 1 N–H and O–H groups in total. The van der Waals surface area contributed by atoms with E-state index in [1.54, 1.807) is 11.3 Å². The number of piperazine rings is 1. The summed E-state index contributed by atoms with van der Waals surface area (Å²) in [6, 6.07) is 10.2. The first kappa shape index (κ1) is 29.0. The number of amides is 1. The number of nitrogens with zero attached hydrogens (tertiary/aromatic N) is 5. The minimum Gasteiger partial charge on any atom is -0.346 e. The first-order valence-corrected chi connectivity index (χ1v) is 12.8. The molecule has 3 saturated heterocycles. The highest BCUT2D eigenvalue weighted by Crippen LogP contribution is 2.29. The van der Waals surface area contributed by atoms with Crippen molar-refractivity contribution in [3.8, 4) is 17.3 Å². The third-order valence-corrected chi connectivity index (χ3v) is 8.24. The van der Waals surface area contributed by atoms with Crippen LogP contribution in [0.4, 0.5) is 5.13 Å². The van der Waals surface area contributed by atoms with E-state index >= 15 is 0 Å². The summed E-state index contributed by atoms with van der Waals surface area (Å²) in [4.78, 5) is 24.4. The third kappa shape index (κ3) is 6.30. The van der Waals surface area contributed by atoms with E-state index in [9.17, 15) is 4.79 Å². The van der Waals surface area contributed by atoms with Gasteiger partial charge in [0.15, 0.2) is 5.13 Å². The number of hydrogen-bond donors (Lipinski definition) is 1. The van der Waals surface area contributed by atoms with Gasteiger partial charge in [-0.05, 0) is 18.6 Å². The molecule has 0 radical (unpaired) electrons. The fourth-order valence-electron chi connectivity index (χ4n) is 4.53. The molecule has 0 unspecified atom stereocenters. The molecular weight excluding hydrogens is 535 g/mol. The zero-order valence-electron chi connectivity index (χ0n) is 18.6. The van der Waals surface area contributed by atoms with Crippen molar-refractivity contribution >= 4 is 71.4 Å². The van der Waals surface area contributed by atoms with Crippen LogP contribution >= 0.6 is 60.3 Å². The number of nitrogens with one attached hydrogen (secondary N) is 1. The van der Waals surface area contributed by atoms with Crippen molar-refractivity contribution < 1.29 is 4.79 Å². The zero-order chi connectivity index (χ0) is 21.2. The summed E-state index contributed by atoms with van der Waals surface area (Å²) in [6.07, 6.45) is 0.917. The van der Waals surface area contributed by atoms with Gasteiger partial charge in [-0.1, -0.05) is 12.1 Å². The average molecular weight is 564 g/mol. The highest BCUT2D eigenvalue weighted by molar-refractivity contribution is 7.99. The van der Waals surface area contributed by atoms with Crippen LogP contribution < -0.4 is 10.2 Å². The SMILES string of the molecule is Cl.Cl.Cl.N#Cc1ccc(-c2csc(N3CCN([C@@H]4CN[C@H](C(=O)N5CCSC5)C4)CC3)n2)cc1. The molecule has 186 valence electrons. The van der Waals surface area contributed by atoms with E-state index in [2.05, 4.69) is 26.6 Å². The molecule has 1 aromatic carbocycles. The lowest BCUT2D eigenvalue weighted by molar-refractivity contribution is -0.131. The lowest BCUT2D eigenvalue weighted by Gasteiger charge is -2.37. The lowest BCUT2D eigenvalue weighted by atomic mass is 10.1. The summed E-state index contributed by atoms with van der Waals surface area (Å²) >= 11 is 3.52. The highest BCUT2D eigenvalue weighted by Gasteiger charge is 2.36. The van der Waals surface area contributed by atoms with Gasteiger partial charge in [-0.15, -0.1) is 60.3 Å². The topological polar surface area (TPSA) is 75.5 Å². The maximum absolute atomic E-state index is 12.7. The number of rotatable bonds is 4. The Labute approximate surface area is 227 Å². The van der Waals surface area contributed by atoms with Gasteiger partial charge in [-0.2, -0.15) is 5.26 Å². The van der Waals surface area contributed by atoms with E-state index in [-0.39, 0.29) is 49.2 Å². The van der Waals surface area contributed by atoms with E-state index in [1.807, 2.05) is 40.9 Å². The standard InChI is InChI=1S/C22H26N6OS2.3ClH/c23-12-16-1-3-17(4-2-16)20-14-31-22(25-20)27-7-5-26(6-8-27)18-11-19(24-13-18)21(29)28-9-10-30-15-28;;;/h1-4,14,18-19,24H,5-11,13,15H2;3*1H/t18-,19-;;;/m0.../s1. The molecule has 3 aliphatic rings. The fourth-order valence-corrected chi connectivity index (χ4v) is 6.37. The fraction of sp³-hybridized carbons (Fsp3) is 0.500. The number of hydrogen-bond acceptors (Lipinski definition) is 8. The Bertz CT molecular complexity index is 972. The number of nitriles is 1. The minimum absolute atomic E-state index is 0. The summed E-state index contributed by atoms with van der Waals surface area (Å²) in [5.74, 6) is 2.19. The Balaban J connectivity index is 0.00000136. The monoisotopic (exact) mass is 562 g/mol. The Morgan fingerprint density at radius 3 is 2.47 bits per heavy atom. The van der Waals surface area contributed by atoms with Crippen LogP contribution in [0.3, 0.4) is 0 Å². The molecule has 34 heavy (non-hydrogen) atoms. The molecular formula is C22H29Cl3N6OS2.